The van der Waals surface area contributed by atoms with Crippen LogP contribution in [0.1, 0.15) is 18.4 Å². The highest BCUT2D eigenvalue weighted by molar-refractivity contribution is 5.88. The lowest BCUT2D eigenvalue weighted by Gasteiger charge is -2.43. The smallest absolute Gasteiger partial charge is 0.233 e. The minimum absolute atomic E-state index is 0.241. The van der Waals surface area contributed by atoms with Gasteiger partial charge in [0.25, 0.3) is 0 Å². The number of carbonyl (C=O) groups is 1. The van der Waals surface area contributed by atoms with Crippen LogP contribution >= 0.6 is 0 Å². The van der Waals surface area contributed by atoms with Gasteiger partial charge in [0, 0.05) is 45.6 Å². The Balaban J connectivity index is 1.51. The molecule has 2 aliphatic rings. The molecule has 2 aliphatic heterocycles. The van der Waals surface area contributed by atoms with E-state index in [0.717, 1.165) is 37.3 Å². The minimum Gasteiger partial charge on any atom is -0.381 e. The number of hydrogen-bond donors (Lipinski definition) is 0. The van der Waals surface area contributed by atoms with Crippen LogP contribution in [0, 0.1) is 0 Å². The molecular formula is C20H24N4O2. The van der Waals surface area contributed by atoms with Gasteiger partial charge in [-0.05, 0) is 30.5 Å². The molecule has 0 N–H and O–H groups in total. The second kappa shape index (κ2) is 7.41. The predicted octanol–water partition coefficient (Wildman–Crippen LogP) is 1.87. The first-order valence-electron chi connectivity index (χ1n) is 9.25. The van der Waals surface area contributed by atoms with Crippen LogP contribution in [0.25, 0.3) is 0 Å². The maximum absolute atomic E-state index is 13.5. The van der Waals surface area contributed by atoms with E-state index in [2.05, 4.69) is 27.2 Å². The fourth-order valence-corrected chi connectivity index (χ4v) is 4.01. The summed E-state index contributed by atoms with van der Waals surface area (Å²) in [4.78, 5) is 17.8. The van der Waals surface area contributed by atoms with Crippen LogP contribution in [0.4, 0.5) is 5.82 Å². The largest absolute Gasteiger partial charge is 0.381 e. The lowest BCUT2D eigenvalue weighted by atomic mass is 9.73. The Hall–Kier alpha value is -2.47. The number of aromatic nitrogens is 2. The average molecular weight is 352 g/mol. The SMILES string of the molecule is O=C(N1CCN(c2cccnn2)CC1)C1(c2ccccc2)CCOCC1. The molecule has 136 valence electrons. The Kier molecular flexibility index (Phi) is 4.84. The van der Waals surface area contributed by atoms with Crippen LogP contribution in [0.2, 0.25) is 0 Å². The van der Waals surface area contributed by atoms with Crippen molar-refractivity contribution in [3.8, 4) is 0 Å². The molecule has 0 unspecified atom stereocenters. The molecule has 3 heterocycles. The van der Waals surface area contributed by atoms with Crippen molar-refractivity contribution in [2.75, 3.05) is 44.3 Å². The number of ether oxygens (including phenoxy) is 1. The number of piperazine rings is 1. The second-order valence-electron chi connectivity index (χ2n) is 6.92. The molecule has 2 fully saturated rings. The van der Waals surface area contributed by atoms with Gasteiger partial charge in [-0.2, -0.15) is 5.10 Å². The zero-order valence-corrected chi connectivity index (χ0v) is 14.9. The van der Waals surface area contributed by atoms with Crippen LogP contribution in [-0.2, 0) is 14.9 Å². The van der Waals surface area contributed by atoms with E-state index in [0.29, 0.717) is 26.3 Å². The van der Waals surface area contributed by atoms with E-state index in [1.807, 2.05) is 35.2 Å². The Labute approximate surface area is 153 Å². The standard InChI is InChI=1S/C20H24N4O2/c25-19(20(8-15-26-16-9-20)17-5-2-1-3-6-17)24-13-11-23(12-14-24)18-7-4-10-21-22-18/h1-7,10H,8-9,11-16H2. The van der Waals surface area contributed by atoms with Gasteiger partial charge in [0.15, 0.2) is 5.82 Å². The number of rotatable bonds is 3. The summed E-state index contributed by atoms with van der Waals surface area (Å²) in [7, 11) is 0. The zero-order chi connectivity index (χ0) is 17.8. The lowest BCUT2D eigenvalue weighted by Crippen LogP contribution is -2.56. The van der Waals surface area contributed by atoms with E-state index in [9.17, 15) is 4.79 Å². The van der Waals surface area contributed by atoms with Gasteiger partial charge in [-0.25, -0.2) is 0 Å². The topological polar surface area (TPSA) is 58.6 Å². The summed E-state index contributed by atoms with van der Waals surface area (Å²) in [6, 6.07) is 14.1. The molecule has 2 aromatic rings. The van der Waals surface area contributed by atoms with E-state index in [4.69, 9.17) is 4.74 Å². The lowest BCUT2D eigenvalue weighted by molar-refractivity contribution is -0.141. The molecule has 26 heavy (non-hydrogen) atoms. The quantitative estimate of drug-likeness (QED) is 0.844. The zero-order valence-electron chi connectivity index (χ0n) is 14.9. The highest BCUT2D eigenvalue weighted by Gasteiger charge is 2.44. The van der Waals surface area contributed by atoms with Gasteiger partial charge < -0.3 is 14.5 Å². The molecule has 0 saturated carbocycles. The number of benzene rings is 1. The summed E-state index contributed by atoms with van der Waals surface area (Å²) in [5.74, 6) is 1.12. The van der Waals surface area contributed by atoms with Crippen LogP contribution in [-0.4, -0.2) is 60.4 Å². The summed E-state index contributed by atoms with van der Waals surface area (Å²) in [5.41, 5.74) is 0.665. The first-order valence-corrected chi connectivity index (χ1v) is 9.25. The van der Waals surface area contributed by atoms with Gasteiger partial charge in [0.1, 0.15) is 0 Å². The molecule has 0 atom stereocenters. The summed E-state index contributed by atoms with van der Waals surface area (Å²) in [5, 5.41) is 8.13. The number of anilines is 1. The van der Waals surface area contributed by atoms with Crippen molar-refractivity contribution in [2.45, 2.75) is 18.3 Å². The monoisotopic (exact) mass is 352 g/mol. The highest BCUT2D eigenvalue weighted by atomic mass is 16.5. The van der Waals surface area contributed by atoms with Crippen molar-refractivity contribution in [3.63, 3.8) is 0 Å². The van der Waals surface area contributed by atoms with Crippen molar-refractivity contribution in [2.24, 2.45) is 0 Å². The third-order valence-corrected chi connectivity index (χ3v) is 5.53. The van der Waals surface area contributed by atoms with Gasteiger partial charge in [-0.3, -0.25) is 4.79 Å². The molecule has 6 heteroatoms. The van der Waals surface area contributed by atoms with Crippen molar-refractivity contribution in [1.29, 1.82) is 0 Å². The van der Waals surface area contributed by atoms with Gasteiger partial charge in [0.2, 0.25) is 5.91 Å². The Morgan fingerprint density at radius 2 is 1.69 bits per heavy atom. The molecular weight excluding hydrogens is 328 g/mol. The molecule has 1 amide bonds. The molecule has 1 aromatic carbocycles. The number of nitrogens with zero attached hydrogens (tertiary/aromatic N) is 4. The summed E-state index contributed by atoms with van der Waals surface area (Å²) in [6.07, 6.45) is 3.18. The molecule has 6 nitrogen and oxygen atoms in total. The molecule has 4 rings (SSSR count). The molecule has 0 radical (unpaired) electrons. The van der Waals surface area contributed by atoms with Crippen molar-refractivity contribution in [3.05, 3.63) is 54.2 Å². The fraction of sp³-hybridized carbons (Fsp3) is 0.450. The van der Waals surface area contributed by atoms with Crippen LogP contribution in [0.3, 0.4) is 0 Å². The van der Waals surface area contributed by atoms with E-state index in [1.165, 1.54) is 0 Å². The highest BCUT2D eigenvalue weighted by Crippen LogP contribution is 2.37. The van der Waals surface area contributed by atoms with Gasteiger partial charge in [-0.15, -0.1) is 5.10 Å². The first kappa shape index (κ1) is 17.0. The van der Waals surface area contributed by atoms with E-state index in [1.54, 1.807) is 6.20 Å². The van der Waals surface area contributed by atoms with Gasteiger partial charge in [0.05, 0.1) is 5.41 Å². The molecule has 0 spiro atoms. The van der Waals surface area contributed by atoms with Crippen molar-refractivity contribution in [1.82, 2.24) is 15.1 Å². The molecule has 0 aliphatic carbocycles. The summed E-state index contributed by atoms with van der Waals surface area (Å²) >= 11 is 0. The van der Waals surface area contributed by atoms with Crippen LogP contribution in [0.15, 0.2) is 48.7 Å². The van der Waals surface area contributed by atoms with Gasteiger partial charge in [-0.1, -0.05) is 30.3 Å². The number of amides is 1. The van der Waals surface area contributed by atoms with Crippen LogP contribution < -0.4 is 4.90 Å². The fourth-order valence-electron chi connectivity index (χ4n) is 4.01. The molecule has 1 aromatic heterocycles. The Morgan fingerprint density at radius 3 is 2.35 bits per heavy atom. The summed E-state index contributed by atoms with van der Waals surface area (Å²) in [6.45, 7) is 4.27. The maximum atomic E-state index is 13.5. The normalized spacial score (nSPS) is 20.0. The number of carbonyl (C=O) groups excluding carboxylic acids is 1. The average Bonchev–Trinajstić information content (AvgIpc) is 2.75. The van der Waals surface area contributed by atoms with E-state index >= 15 is 0 Å². The summed E-state index contributed by atoms with van der Waals surface area (Å²) < 4.78 is 5.56. The van der Waals surface area contributed by atoms with Crippen LogP contribution in [0.5, 0.6) is 0 Å². The molecule has 2 saturated heterocycles. The third kappa shape index (κ3) is 3.17. The Bertz CT molecular complexity index is 724. The minimum atomic E-state index is -0.450. The van der Waals surface area contributed by atoms with Crippen molar-refractivity contribution >= 4 is 11.7 Å². The first-order chi connectivity index (χ1) is 12.8. The predicted molar refractivity (Wildman–Crippen MR) is 99.0 cm³/mol. The maximum Gasteiger partial charge on any atom is 0.233 e. The van der Waals surface area contributed by atoms with Gasteiger partial charge >= 0.3 is 0 Å². The number of hydrogen-bond acceptors (Lipinski definition) is 5. The third-order valence-electron chi connectivity index (χ3n) is 5.53. The van der Waals surface area contributed by atoms with E-state index < -0.39 is 5.41 Å². The second-order valence-corrected chi connectivity index (χ2v) is 6.92. The Morgan fingerprint density at radius 1 is 0.962 bits per heavy atom. The molecule has 0 bridgehead atoms. The van der Waals surface area contributed by atoms with E-state index in [-0.39, 0.29) is 5.91 Å². The van der Waals surface area contributed by atoms with Crippen molar-refractivity contribution < 1.29 is 9.53 Å².